The summed E-state index contributed by atoms with van der Waals surface area (Å²) in [6.07, 6.45) is 0. The molecule has 1 amide bonds. The Kier molecular flexibility index (Phi) is 6.15. The van der Waals surface area contributed by atoms with Gasteiger partial charge in [0.25, 0.3) is 5.91 Å². The minimum Gasteiger partial charge on any atom is -0.484 e. The molecular formula is C23H22ClNO2. The molecule has 0 fully saturated rings. The van der Waals surface area contributed by atoms with Gasteiger partial charge in [0.1, 0.15) is 5.75 Å². The number of hydrogen-bond donors (Lipinski definition) is 1. The lowest BCUT2D eigenvalue weighted by atomic mass is 9.98. The van der Waals surface area contributed by atoms with Crippen LogP contribution in [0.4, 0.5) is 0 Å². The lowest BCUT2D eigenvalue weighted by molar-refractivity contribution is -0.123. The van der Waals surface area contributed by atoms with E-state index in [1.807, 2.05) is 74.5 Å². The number of amides is 1. The largest absolute Gasteiger partial charge is 0.484 e. The van der Waals surface area contributed by atoms with Crippen LogP contribution in [0.5, 0.6) is 5.75 Å². The van der Waals surface area contributed by atoms with E-state index in [2.05, 4.69) is 5.32 Å². The lowest BCUT2D eigenvalue weighted by Crippen LogP contribution is -2.33. The maximum absolute atomic E-state index is 12.5. The quantitative estimate of drug-likeness (QED) is 0.635. The minimum atomic E-state index is -0.227. The van der Waals surface area contributed by atoms with E-state index in [9.17, 15) is 4.79 Å². The molecule has 138 valence electrons. The predicted octanol–water partition coefficient (Wildman–Crippen LogP) is 5.24. The average Bonchev–Trinajstić information content (AvgIpc) is 2.68. The third-order valence-electron chi connectivity index (χ3n) is 4.35. The monoisotopic (exact) mass is 379 g/mol. The van der Waals surface area contributed by atoms with Gasteiger partial charge in [-0.1, -0.05) is 71.8 Å². The highest BCUT2D eigenvalue weighted by atomic mass is 35.5. The molecule has 3 aromatic carbocycles. The SMILES string of the molecule is Cc1ccc([C@H](NC(=O)COc2ccc(Cl)c(C)c2)c2ccccc2)cc1. The number of carbonyl (C=O) groups is 1. The molecule has 0 aliphatic heterocycles. The van der Waals surface area contributed by atoms with E-state index in [4.69, 9.17) is 16.3 Å². The van der Waals surface area contributed by atoms with Gasteiger partial charge in [-0.05, 0) is 48.7 Å². The van der Waals surface area contributed by atoms with E-state index in [1.54, 1.807) is 12.1 Å². The van der Waals surface area contributed by atoms with Gasteiger partial charge in [-0.2, -0.15) is 0 Å². The van der Waals surface area contributed by atoms with Crippen LogP contribution in [-0.4, -0.2) is 12.5 Å². The van der Waals surface area contributed by atoms with Crippen LogP contribution >= 0.6 is 11.6 Å². The van der Waals surface area contributed by atoms with Crippen molar-refractivity contribution in [3.8, 4) is 5.75 Å². The van der Waals surface area contributed by atoms with Gasteiger partial charge in [-0.3, -0.25) is 4.79 Å². The summed E-state index contributed by atoms with van der Waals surface area (Å²) >= 11 is 6.02. The van der Waals surface area contributed by atoms with Crippen LogP contribution in [0.15, 0.2) is 72.8 Å². The molecule has 0 saturated heterocycles. The van der Waals surface area contributed by atoms with Crippen molar-refractivity contribution in [1.82, 2.24) is 5.32 Å². The number of hydrogen-bond acceptors (Lipinski definition) is 2. The van der Waals surface area contributed by atoms with Crippen LogP contribution in [0.2, 0.25) is 5.02 Å². The second-order valence-corrected chi connectivity index (χ2v) is 6.93. The highest BCUT2D eigenvalue weighted by Gasteiger charge is 2.17. The molecule has 0 heterocycles. The molecule has 1 N–H and O–H groups in total. The van der Waals surface area contributed by atoms with Gasteiger partial charge in [0.15, 0.2) is 6.61 Å². The Balaban J connectivity index is 1.72. The van der Waals surface area contributed by atoms with Crippen molar-refractivity contribution in [2.45, 2.75) is 19.9 Å². The third kappa shape index (κ3) is 5.11. The van der Waals surface area contributed by atoms with Gasteiger partial charge < -0.3 is 10.1 Å². The second-order valence-electron chi connectivity index (χ2n) is 6.52. The van der Waals surface area contributed by atoms with E-state index in [1.165, 1.54) is 5.56 Å². The first-order valence-corrected chi connectivity index (χ1v) is 9.20. The van der Waals surface area contributed by atoms with Crippen LogP contribution < -0.4 is 10.1 Å². The van der Waals surface area contributed by atoms with Crippen LogP contribution in [0, 0.1) is 13.8 Å². The van der Waals surface area contributed by atoms with Crippen LogP contribution in [0.3, 0.4) is 0 Å². The van der Waals surface area contributed by atoms with Crippen LogP contribution in [-0.2, 0) is 4.79 Å². The number of aryl methyl sites for hydroxylation is 2. The highest BCUT2D eigenvalue weighted by molar-refractivity contribution is 6.31. The molecule has 3 rings (SSSR count). The molecule has 0 spiro atoms. The van der Waals surface area contributed by atoms with Crippen molar-refractivity contribution < 1.29 is 9.53 Å². The third-order valence-corrected chi connectivity index (χ3v) is 4.77. The molecule has 0 aliphatic rings. The van der Waals surface area contributed by atoms with Crippen LogP contribution in [0.1, 0.15) is 28.3 Å². The van der Waals surface area contributed by atoms with Crippen molar-refractivity contribution in [3.63, 3.8) is 0 Å². The molecule has 0 saturated carbocycles. The summed E-state index contributed by atoms with van der Waals surface area (Å²) in [7, 11) is 0. The molecule has 0 radical (unpaired) electrons. The molecule has 0 bridgehead atoms. The summed E-state index contributed by atoms with van der Waals surface area (Å²) in [5.41, 5.74) is 4.15. The standard InChI is InChI=1S/C23H22ClNO2/c1-16-8-10-19(11-9-16)23(18-6-4-3-5-7-18)25-22(26)15-27-20-12-13-21(24)17(2)14-20/h3-14,23H,15H2,1-2H3,(H,25,26)/t23-/m1/s1. The fraction of sp³-hybridized carbons (Fsp3) is 0.174. The molecule has 1 atom stereocenters. The Hall–Kier alpha value is -2.78. The minimum absolute atomic E-state index is 0.0593. The molecule has 0 aliphatic carbocycles. The average molecular weight is 380 g/mol. The first kappa shape index (κ1) is 19.0. The van der Waals surface area contributed by atoms with Crippen molar-refractivity contribution in [2.75, 3.05) is 6.61 Å². The zero-order valence-corrected chi connectivity index (χ0v) is 16.2. The van der Waals surface area contributed by atoms with Crippen molar-refractivity contribution in [2.24, 2.45) is 0 Å². The van der Waals surface area contributed by atoms with Gasteiger partial charge in [-0.25, -0.2) is 0 Å². The normalized spacial score (nSPS) is 11.7. The second kappa shape index (κ2) is 8.74. The number of carbonyl (C=O) groups excluding carboxylic acids is 1. The maximum atomic E-state index is 12.5. The number of halogens is 1. The number of nitrogens with one attached hydrogen (secondary N) is 1. The van der Waals surface area contributed by atoms with Gasteiger partial charge >= 0.3 is 0 Å². The molecular weight excluding hydrogens is 358 g/mol. The number of ether oxygens (including phenoxy) is 1. The fourth-order valence-corrected chi connectivity index (χ4v) is 2.94. The molecule has 3 aromatic rings. The summed E-state index contributed by atoms with van der Waals surface area (Å²) in [5, 5.41) is 3.75. The van der Waals surface area contributed by atoms with E-state index >= 15 is 0 Å². The smallest absolute Gasteiger partial charge is 0.258 e. The van der Waals surface area contributed by atoms with E-state index in [-0.39, 0.29) is 18.6 Å². The number of benzene rings is 3. The lowest BCUT2D eigenvalue weighted by Gasteiger charge is -2.20. The van der Waals surface area contributed by atoms with E-state index in [0.717, 1.165) is 16.7 Å². The molecule has 3 nitrogen and oxygen atoms in total. The Morgan fingerprint density at radius 1 is 0.963 bits per heavy atom. The summed E-state index contributed by atoms with van der Waals surface area (Å²) in [6.45, 7) is 3.89. The summed E-state index contributed by atoms with van der Waals surface area (Å²) < 4.78 is 5.62. The van der Waals surface area contributed by atoms with Crippen molar-refractivity contribution in [1.29, 1.82) is 0 Å². The molecule has 27 heavy (non-hydrogen) atoms. The van der Waals surface area contributed by atoms with Gasteiger partial charge in [0.2, 0.25) is 0 Å². The first-order valence-electron chi connectivity index (χ1n) is 8.83. The number of rotatable bonds is 6. The Bertz CT molecular complexity index is 907. The molecule has 4 heteroatoms. The summed E-state index contributed by atoms with van der Waals surface area (Å²) in [5.74, 6) is 0.440. The first-order chi connectivity index (χ1) is 13.0. The Morgan fingerprint density at radius 3 is 2.30 bits per heavy atom. The van der Waals surface area contributed by atoms with Crippen LogP contribution in [0.25, 0.3) is 0 Å². The van der Waals surface area contributed by atoms with Gasteiger partial charge in [-0.15, -0.1) is 0 Å². The predicted molar refractivity (Wildman–Crippen MR) is 109 cm³/mol. The van der Waals surface area contributed by atoms with Gasteiger partial charge in [0, 0.05) is 5.02 Å². The van der Waals surface area contributed by atoms with Crippen molar-refractivity contribution in [3.05, 3.63) is 100 Å². The van der Waals surface area contributed by atoms with Gasteiger partial charge in [0.05, 0.1) is 6.04 Å². The zero-order valence-electron chi connectivity index (χ0n) is 15.4. The summed E-state index contributed by atoms with van der Waals surface area (Å²) in [4.78, 5) is 12.5. The van der Waals surface area contributed by atoms with Crippen molar-refractivity contribution >= 4 is 17.5 Å². The zero-order chi connectivity index (χ0) is 19.2. The summed E-state index contributed by atoms with van der Waals surface area (Å²) in [6, 6.07) is 23.2. The topological polar surface area (TPSA) is 38.3 Å². The maximum Gasteiger partial charge on any atom is 0.258 e. The Morgan fingerprint density at radius 2 is 1.63 bits per heavy atom. The van der Waals surface area contributed by atoms with E-state index in [0.29, 0.717) is 10.8 Å². The fourth-order valence-electron chi connectivity index (χ4n) is 2.82. The Labute approximate surface area is 164 Å². The highest BCUT2D eigenvalue weighted by Crippen LogP contribution is 2.23. The molecule has 0 unspecified atom stereocenters. The molecule has 0 aromatic heterocycles. The van der Waals surface area contributed by atoms with E-state index < -0.39 is 0 Å².